The van der Waals surface area contributed by atoms with Crippen LogP contribution in [-0.2, 0) is 11.2 Å². The number of amides is 2. The lowest BCUT2D eigenvalue weighted by Gasteiger charge is -2.26. The summed E-state index contributed by atoms with van der Waals surface area (Å²) in [5, 5.41) is 5.33. The zero-order valence-electron chi connectivity index (χ0n) is 13.1. The smallest absolute Gasteiger partial charge is 0.287 e. The highest BCUT2D eigenvalue weighted by Gasteiger charge is 2.21. The van der Waals surface area contributed by atoms with E-state index < -0.39 is 11.4 Å². The Morgan fingerprint density at radius 1 is 1.17 bits per heavy atom. The first-order valence-electron chi connectivity index (χ1n) is 7.23. The first kappa shape index (κ1) is 16.7. The first-order valence-corrected chi connectivity index (χ1v) is 7.23. The van der Waals surface area contributed by atoms with Crippen LogP contribution < -0.4 is 10.6 Å². The van der Waals surface area contributed by atoms with Crippen molar-refractivity contribution in [3.8, 4) is 0 Å². The monoisotopic (exact) mass is 318 g/mol. The van der Waals surface area contributed by atoms with Crippen LogP contribution in [0.15, 0.2) is 47.1 Å². The number of rotatable bonds is 6. The van der Waals surface area contributed by atoms with Crippen LogP contribution in [0.3, 0.4) is 0 Å². The van der Waals surface area contributed by atoms with E-state index in [9.17, 15) is 14.0 Å². The van der Waals surface area contributed by atoms with Gasteiger partial charge in [0.25, 0.3) is 5.91 Å². The molecule has 1 aromatic carbocycles. The summed E-state index contributed by atoms with van der Waals surface area (Å²) < 4.78 is 17.8. The number of nitrogens with one attached hydrogen (secondary N) is 2. The molecule has 0 saturated heterocycles. The quantitative estimate of drug-likeness (QED) is 0.858. The molecule has 0 unspecified atom stereocenters. The maximum atomic E-state index is 12.9. The van der Waals surface area contributed by atoms with E-state index in [0.717, 1.165) is 5.56 Å². The fraction of sp³-hybridized carbons (Fsp3) is 0.294. The molecular formula is C17H19FN2O3. The van der Waals surface area contributed by atoms with Gasteiger partial charge in [0.05, 0.1) is 12.8 Å². The average molecular weight is 318 g/mol. The molecule has 0 saturated carbocycles. The van der Waals surface area contributed by atoms with Crippen molar-refractivity contribution in [1.29, 1.82) is 0 Å². The molecule has 1 aromatic heterocycles. The minimum Gasteiger partial charge on any atom is -0.459 e. The van der Waals surface area contributed by atoms with E-state index in [-0.39, 0.29) is 24.0 Å². The molecule has 2 N–H and O–H groups in total. The molecule has 0 bridgehead atoms. The third kappa shape index (κ3) is 5.25. The molecule has 0 fully saturated rings. The summed E-state index contributed by atoms with van der Waals surface area (Å²) in [5.41, 5.74) is 0.390. The third-order valence-electron chi connectivity index (χ3n) is 3.19. The molecule has 0 aliphatic rings. The number of benzene rings is 1. The number of carbonyl (C=O) groups is 2. The number of hydrogen-bond acceptors (Lipinski definition) is 3. The van der Waals surface area contributed by atoms with Crippen LogP contribution in [0, 0.1) is 5.82 Å². The third-order valence-corrected chi connectivity index (χ3v) is 3.19. The van der Waals surface area contributed by atoms with E-state index in [1.165, 1.54) is 24.5 Å². The molecule has 122 valence electrons. The van der Waals surface area contributed by atoms with Crippen LogP contribution in [-0.4, -0.2) is 23.9 Å². The molecule has 2 aromatic rings. The molecule has 1 heterocycles. The van der Waals surface area contributed by atoms with Crippen molar-refractivity contribution in [2.75, 3.05) is 6.54 Å². The highest BCUT2D eigenvalue weighted by molar-refractivity contribution is 5.94. The normalized spacial score (nSPS) is 11.1. The molecule has 0 aliphatic heterocycles. The number of furan rings is 1. The Labute approximate surface area is 133 Å². The Morgan fingerprint density at radius 3 is 2.48 bits per heavy atom. The summed E-state index contributed by atoms with van der Waals surface area (Å²) >= 11 is 0. The largest absolute Gasteiger partial charge is 0.459 e. The van der Waals surface area contributed by atoms with Crippen molar-refractivity contribution < 1.29 is 18.4 Å². The van der Waals surface area contributed by atoms with Gasteiger partial charge in [-0.05, 0) is 50.1 Å². The van der Waals surface area contributed by atoms with Crippen molar-refractivity contribution in [2.24, 2.45) is 0 Å². The Bertz CT molecular complexity index is 664. The van der Waals surface area contributed by atoms with Gasteiger partial charge in [-0.15, -0.1) is 0 Å². The van der Waals surface area contributed by atoms with Crippen LogP contribution >= 0.6 is 0 Å². The molecule has 6 heteroatoms. The SMILES string of the molecule is CC(C)(Cc1ccc(F)cc1)NC(=O)CNC(=O)c1ccco1. The molecule has 2 amide bonds. The van der Waals surface area contributed by atoms with Gasteiger partial charge in [-0.1, -0.05) is 12.1 Å². The number of halogens is 1. The van der Waals surface area contributed by atoms with Crippen molar-refractivity contribution in [3.63, 3.8) is 0 Å². The van der Waals surface area contributed by atoms with Crippen LogP contribution in [0.5, 0.6) is 0 Å². The van der Waals surface area contributed by atoms with E-state index in [1.54, 1.807) is 18.2 Å². The maximum absolute atomic E-state index is 12.9. The summed E-state index contributed by atoms with van der Waals surface area (Å²) in [6, 6.07) is 9.25. The predicted octanol–water partition coefficient (Wildman–Crippen LogP) is 2.29. The van der Waals surface area contributed by atoms with Gasteiger partial charge < -0.3 is 15.1 Å². The summed E-state index contributed by atoms with van der Waals surface area (Å²) in [5.74, 6) is -0.891. The minimum absolute atomic E-state index is 0.146. The molecule has 0 aliphatic carbocycles. The summed E-state index contributed by atoms with van der Waals surface area (Å²) in [4.78, 5) is 23.6. The first-order chi connectivity index (χ1) is 10.9. The molecule has 5 nitrogen and oxygen atoms in total. The number of carbonyl (C=O) groups excluding carboxylic acids is 2. The zero-order chi connectivity index (χ0) is 16.9. The molecule has 0 atom stereocenters. The molecular weight excluding hydrogens is 299 g/mol. The Morgan fingerprint density at radius 2 is 1.87 bits per heavy atom. The minimum atomic E-state index is -0.523. The lowest BCUT2D eigenvalue weighted by atomic mass is 9.95. The Kier molecular flexibility index (Phi) is 5.16. The number of hydrogen-bond donors (Lipinski definition) is 2. The fourth-order valence-electron chi connectivity index (χ4n) is 2.23. The second-order valence-electron chi connectivity index (χ2n) is 5.90. The highest BCUT2D eigenvalue weighted by Crippen LogP contribution is 2.13. The summed E-state index contributed by atoms with van der Waals surface area (Å²) in [6.45, 7) is 3.58. The van der Waals surface area contributed by atoms with Crippen LogP contribution in [0.25, 0.3) is 0 Å². The van der Waals surface area contributed by atoms with Crippen LogP contribution in [0.2, 0.25) is 0 Å². The molecule has 2 rings (SSSR count). The standard InChI is InChI=1S/C17H19FN2O3/c1-17(2,10-12-5-7-13(18)8-6-12)20-15(21)11-19-16(22)14-4-3-9-23-14/h3-9H,10-11H2,1-2H3,(H,19,22)(H,20,21). The van der Waals surface area contributed by atoms with Gasteiger partial charge in [0, 0.05) is 5.54 Å². The van der Waals surface area contributed by atoms with E-state index in [0.29, 0.717) is 6.42 Å². The Hall–Kier alpha value is -2.63. The second-order valence-corrected chi connectivity index (χ2v) is 5.90. The van der Waals surface area contributed by atoms with Gasteiger partial charge in [0.2, 0.25) is 5.91 Å². The Balaban J connectivity index is 1.83. The predicted molar refractivity (Wildman–Crippen MR) is 83.4 cm³/mol. The van der Waals surface area contributed by atoms with Crippen molar-refractivity contribution >= 4 is 11.8 Å². The summed E-state index contributed by atoms with van der Waals surface area (Å²) in [6.07, 6.45) is 1.94. The van der Waals surface area contributed by atoms with Gasteiger partial charge >= 0.3 is 0 Å². The highest BCUT2D eigenvalue weighted by atomic mass is 19.1. The molecule has 0 spiro atoms. The van der Waals surface area contributed by atoms with Gasteiger partial charge in [-0.3, -0.25) is 9.59 Å². The fourth-order valence-corrected chi connectivity index (χ4v) is 2.23. The van der Waals surface area contributed by atoms with Crippen molar-refractivity contribution in [3.05, 3.63) is 59.8 Å². The topological polar surface area (TPSA) is 71.3 Å². The van der Waals surface area contributed by atoms with Gasteiger partial charge in [0.15, 0.2) is 5.76 Å². The lowest BCUT2D eigenvalue weighted by molar-refractivity contribution is -0.121. The van der Waals surface area contributed by atoms with Crippen molar-refractivity contribution in [2.45, 2.75) is 25.8 Å². The lowest BCUT2D eigenvalue weighted by Crippen LogP contribution is -2.48. The maximum Gasteiger partial charge on any atom is 0.287 e. The van der Waals surface area contributed by atoms with Gasteiger partial charge in [0.1, 0.15) is 5.82 Å². The van der Waals surface area contributed by atoms with Crippen molar-refractivity contribution in [1.82, 2.24) is 10.6 Å². The van der Waals surface area contributed by atoms with Crippen LogP contribution in [0.1, 0.15) is 30.0 Å². The van der Waals surface area contributed by atoms with Gasteiger partial charge in [-0.25, -0.2) is 4.39 Å². The van der Waals surface area contributed by atoms with E-state index in [1.807, 2.05) is 13.8 Å². The van der Waals surface area contributed by atoms with E-state index in [4.69, 9.17) is 4.42 Å². The molecule has 0 radical (unpaired) electrons. The molecule has 23 heavy (non-hydrogen) atoms. The van der Waals surface area contributed by atoms with Gasteiger partial charge in [-0.2, -0.15) is 0 Å². The second kappa shape index (κ2) is 7.09. The van der Waals surface area contributed by atoms with Crippen LogP contribution in [0.4, 0.5) is 4.39 Å². The van der Waals surface area contributed by atoms with E-state index >= 15 is 0 Å². The van der Waals surface area contributed by atoms with E-state index in [2.05, 4.69) is 10.6 Å². The summed E-state index contributed by atoms with van der Waals surface area (Å²) in [7, 11) is 0. The average Bonchev–Trinajstić information content (AvgIpc) is 3.01. The zero-order valence-corrected chi connectivity index (χ0v) is 13.1.